The molecule has 3 nitrogen and oxygen atoms in total. The first-order valence-electron chi connectivity index (χ1n) is 6.04. The summed E-state index contributed by atoms with van der Waals surface area (Å²) in [4.78, 5) is 11.3. The second kappa shape index (κ2) is 6.11. The minimum absolute atomic E-state index is 0.0557. The molecular weight excluding hydrogens is 190 g/mol. The van der Waals surface area contributed by atoms with Crippen LogP contribution in [0.15, 0.2) is 0 Å². The van der Waals surface area contributed by atoms with Crippen molar-refractivity contribution in [1.29, 1.82) is 0 Å². The quantitative estimate of drug-likeness (QED) is 0.727. The first-order chi connectivity index (χ1) is 7.13. The minimum atomic E-state index is -0.0557. The van der Waals surface area contributed by atoms with Crippen LogP contribution in [-0.2, 0) is 9.53 Å². The zero-order valence-electron chi connectivity index (χ0n) is 9.87. The van der Waals surface area contributed by atoms with Gasteiger partial charge in [-0.05, 0) is 44.4 Å². The zero-order chi connectivity index (χ0) is 11.3. The van der Waals surface area contributed by atoms with Crippen molar-refractivity contribution < 1.29 is 9.53 Å². The Balaban J connectivity index is 2.27. The number of hydrogen-bond acceptors (Lipinski definition) is 3. The molecule has 1 rings (SSSR count). The van der Waals surface area contributed by atoms with E-state index in [9.17, 15) is 4.79 Å². The molecule has 0 aromatic carbocycles. The second-order valence-electron chi connectivity index (χ2n) is 4.66. The lowest BCUT2D eigenvalue weighted by Crippen LogP contribution is -2.29. The monoisotopic (exact) mass is 213 g/mol. The van der Waals surface area contributed by atoms with Gasteiger partial charge in [0.05, 0.1) is 6.61 Å². The number of carbonyl (C=O) groups excluding carboxylic acids is 1. The standard InChI is InChI=1S/C12H23NO2/c1-3-15-12(14)8-9(2)10-4-6-11(13)7-5-10/h9-11H,3-8,13H2,1-2H3/t9-,10?,11?/m0/s1. The average Bonchev–Trinajstić information content (AvgIpc) is 2.18. The van der Waals surface area contributed by atoms with E-state index in [0.717, 1.165) is 12.8 Å². The first-order valence-corrected chi connectivity index (χ1v) is 6.04. The smallest absolute Gasteiger partial charge is 0.306 e. The molecule has 15 heavy (non-hydrogen) atoms. The van der Waals surface area contributed by atoms with Crippen LogP contribution < -0.4 is 5.73 Å². The van der Waals surface area contributed by atoms with E-state index in [1.807, 2.05) is 6.92 Å². The molecule has 0 unspecified atom stereocenters. The van der Waals surface area contributed by atoms with Crippen molar-refractivity contribution in [3.8, 4) is 0 Å². The van der Waals surface area contributed by atoms with Gasteiger partial charge >= 0.3 is 5.97 Å². The lowest BCUT2D eigenvalue weighted by atomic mass is 9.78. The molecule has 0 saturated heterocycles. The van der Waals surface area contributed by atoms with Crippen LogP contribution in [-0.4, -0.2) is 18.6 Å². The average molecular weight is 213 g/mol. The molecule has 0 heterocycles. The summed E-state index contributed by atoms with van der Waals surface area (Å²) >= 11 is 0. The summed E-state index contributed by atoms with van der Waals surface area (Å²) in [6.45, 7) is 4.49. The largest absolute Gasteiger partial charge is 0.466 e. The van der Waals surface area contributed by atoms with Gasteiger partial charge in [0.1, 0.15) is 0 Å². The molecule has 1 aliphatic rings. The van der Waals surface area contributed by atoms with Gasteiger partial charge in [-0.25, -0.2) is 0 Å². The van der Waals surface area contributed by atoms with E-state index < -0.39 is 0 Å². The Bertz CT molecular complexity index is 198. The molecule has 1 saturated carbocycles. The van der Waals surface area contributed by atoms with Gasteiger partial charge in [0.15, 0.2) is 0 Å². The number of carbonyl (C=O) groups is 1. The van der Waals surface area contributed by atoms with E-state index in [1.165, 1.54) is 12.8 Å². The zero-order valence-corrected chi connectivity index (χ0v) is 9.87. The molecular formula is C12H23NO2. The maximum Gasteiger partial charge on any atom is 0.306 e. The molecule has 0 aromatic rings. The van der Waals surface area contributed by atoms with Crippen molar-refractivity contribution in [3.05, 3.63) is 0 Å². The molecule has 0 aromatic heterocycles. The van der Waals surface area contributed by atoms with E-state index in [1.54, 1.807) is 0 Å². The lowest BCUT2D eigenvalue weighted by molar-refractivity contribution is -0.144. The van der Waals surface area contributed by atoms with Crippen molar-refractivity contribution in [2.45, 2.75) is 52.0 Å². The van der Waals surface area contributed by atoms with Crippen molar-refractivity contribution in [1.82, 2.24) is 0 Å². The number of esters is 1. The molecule has 0 bridgehead atoms. The molecule has 0 aliphatic heterocycles. The Morgan fingerprint density at radius 2 is 2.00 bits per heavy atom. The molecule has 0 amide bonds. The molecule has 1 atom stereocenters. The van der Waals surface area contributed by atoms with Gasteiger partial charge in [-0.15, -0.1) is 0 Å². The SMILES string of the molecule is CCOC(=O)C[C@H](C)C1CCC(N)CC1. The summed E-state index contributed by atoms with van der Waals surface area (Å²) in [5, 5.41) is 0. The number of nitrogens with two attached hydrogens (primary N) is 1. The fourth-order valence-corrected chi connectivity index (χ4v) is 2.36. The van der Waals surface area contributed by atoms with Gasteiger partial charge in [-0.3, -0.25) is 4.79 Å². The Kier molecular flexibility index (Phi) is 5.09. The third-order valence-corrected chi connectivity index (χ3v) is 3.42. The van der Waals surface area contributed by atoms with E-state index >= 15 is 0 Å². The summed E-state index contributed by atoms with van der Waals surface area (Å²) < 4.78 is 4.96. The number of hydrogen-bond donors (Lipinski definition) is 1. The Hall–Kier alpha value is -0.570. The van der Waals surface area contributed by atoms with Gasteiger partial charge in [0.25, 0.3) is 0 Å². The van der Waals surface area contributed by atoms with Crippen LogP contribution in [0.25, 0.3) is 0 Å². The van der Waals surface area contributed by atoms with Crippen LogP contribution in [0, 0.1) is 11.8 Å². The maximum absolute atomic E-state index is 11.3. The minimum Gasteiger partial charge on any atom is -0.466 e. The number of rotatable bonds is 4. The van der Waals surface area contributed by atoms with E-state index in [0.29, 0.717) is 30.9 Å². The van der Waals surface area contributed by atoms with E-state index in [4.69, 9.17) is 10.5 Å². The van der Waals surface area contributed by atoms with Crippen LogP contribution in [0.3, 0.4) is 0 Å². The van der Waals surface area contributed by atoms with Crippen LogP contribution >= 0.6 is 0 Å². The van der Waals surface area contributed by atoms with Crippen molar-refractivity contribution in [2.75, 3.05) is 6.61 Å². The fourth-order valence-electron chi connectivity index (χ4n) is 2.36. The summed E-state index contributed by atoms with van der Waals surface area (Å²) in [6, 6.07) is 0.385. The fraction of sp³-hybridized carbons (Fsp3) is 0.917. The topological polar surface area (TPSA) is 52.3 Å². The maximum atomic E-state index is 11.3. The lowest BCUT2D eigenvalue weighted by Gasteiger charge is -2.30. The molecule has 0 radical (unpaired) electrons. The Labute approximate surface area is 92.4 Å². The van der Waals surface area contributed by atoms with Gasteiger partial charge in [-0.1, -0.05) is 6.92 Å². The third-order valence-electron chi connectivity index (χ3n) is 3.42. The molecule has 1 aliphatic carbocycles. The van der Waals surface area contributed by atoms with Crippen molar-refractivity contribution in [3.63, 3.8) is 0 Å². The highest BCUT2D eigenvalue weighted by Gasteiger charge is 2.25. The van der Waals surface area contributed by atoms with Crippen LogP contribution in [0.1, 0.15) is 46.0 Å². The van der Waals surface area contributed by atoms with Gasteiger partial charge in [0, 0.05) is 12.5 Å². The van der Waals surface area contributed by atoms with Gasteiger partial charge in [0.2, 0.25) is 0 Å². The normalized spacial score (nSPS) is 28.5. The summed E-state index contributed by atoms with van der Waals surface area (Å²) in [5.74, 6) is 1.05. The van der Waals surface area contributed by atoms with Crippen molar-refractivity contribution >= 4 is 5.97 Å². The molecule has 88 valence electrons. The Morgan fingerprint density at radius 1 is 1.40 bits per heavy atom. The summed E-state index contributed by atoms with van der Waals surface area (Å²) in [5.41, 5.74) is 5.85. The highest BCUT2D eigenvalue weighted by atomic mass is 16.5. The molecule has 2 N–H and O–H groups in total. The molecule has 1 fully saturated rings. The van der Waals surface area contributed by atoms with Gasteiger partial charge in [-0.2, -0.15) is 0 Å². The van der Waals surface area contributed by atoms with Crippen LogP contribution in [0.5, 0.6) is 0 Å². The predicted molar refractivity (Wildman–Crippen MR) is 60.3 cm³/mol. The molecule has 0 spiro atoms. The van der Waals surface area contributed by atoms with Crippen LogP contribution in [0.4, 0.5) is 0 Å². The predicted octanol–water partition coefficient (Wildman–Crippen LogP) is 2.09. The highest BCUT2D eigenvalue weighted by molar-refractivity contribution is 5.69. The molecule has 3 heteroatoms. The second-order valence-corrected chi connectivity index (χ2v) is 4.66. The van der Waals surface area contributed by atoms with E-state index in [2.05, 4.69) is 6.92 Å². The van der Waals surface area contributed by atoms with E-state index in [-0.39, 0.29) is 5.97 Å². The van der Waals surface area contributed by atoms with Gasteiger partial charge < -0.3 is 10.5 Å². The Morgan fingerprint density at radius 3 is 2.53 bits per heavy atom. The summed E-state index contributed by atoms with van der Waals surface area (Å²) in [7, 11) is 0. The highest BCUT2D eigenvalue weighted by Crippen LogP contribution is 2.31. The summed E-state index contributed by atoms with van der Waals surface area (Å²) in [6.07, 6.45) is 5.12. The third kappa shape index (κ3) is 4.20. The van der Waals surface area contributed by atoms with Crippen LogP contribution in [0.2, 0.25) is 0 Å². The van der Waals surface area contributed by atoms with Crippen molar-refractivity contribution in [2.24, 2.45) is 17.6 Å². The number of ether oxygens (including phenoxy) is 1. The first kappa shape index (κ1) is 12.5.